The van der Waals surface area contributed by atoms with E-state index in [1.807, 2.05) is 27.7 Å². The van der Waals surface area contributed by atoms with Gasteiger partial charge in [0, 0.05) is 6.54 Å². The topological polar surface area (TPSA) is 46.2 Å². The Balaban J connectivity index is 2.81. The molecule has 0 atom stereocenters. The van der Waals surface area contributed by atoms with Crippen LogP contribution in [0.2, 0.25) is 0 Å². The molecule has 0 saturated carbocycles. The minimum Gasteiger partial charge on any atom is -0.211 e. The van der Waals surface area contributed by atoms with Gasteiger partial charge in [0.1, 0.15) is 5.82 Å². The molecule has 0 amide bonds. The number of benzene rings is 1. The number of nitrogens with one attached hydrogen (secondary N) is 1. The van der Waals surface area contributed by atoms with E-state index in [0.29, 0.717) is 12.5 Å². The molecule has 102 valence electrons. The molecule has 0 aliphatic carbocycles. The number of rotatable bonds is 5. The number of sulfonamides is 1. The Kier molecular flexibility index (Phi) is 4.50. The van der Waals surface area contributed by atoms with Crippen molar-refractivity contribution in [3.8, 4) is 0 Å². The summed E-state index contributed by atoms with van der Waals surface area (Å²) in [5, 5.41) is 0. The average molecular weight is 273 g/mol. The van der Waals surface area contributed by atoms with Crippen molar-refractivity contribution in [3.05, 3.63) is 30.1 Å². The first-order chi connectivity index (χ1) is 8.15. The largest absolute Gasteiger partial charge is 0.240 e. The van der Waals surface area contributed by atoms with Crippen molar-refractivity contribution in [2.24, 2.45) is 11.3 Å². The lowest BCUT2D eigenvalue weighted by Crippen LogP contribution is -2.36. The predicted molar refractivity (Wildman–Crippen MR) is 70.2 cm³/mol. The normalized spacial score (nSPS) is 13.0. The Bertz CT molecular complexity index is 492. The van der Waals surface area contributed by atoms with E-state index in [1.54, 1.807) is 0 Å². The molecule has 1 aromatic carbocycles. The van der Waals surface area contributed by atoms with Gasteiger partial charge in [-0.15, -0.1) is 0 Å². The van der Waals surface area contributed by atoms with E-state index in [1.165, 1.54) is 12.1 Å². The maximum atomic E-state index is 12.7. The molecular formula is C13H20FNO2S. The first-order valence-electron chi connectivity index (χ1n) is 5.90. The van der Waals surface area contributed by atoms with E-state index in [-0.39, 0.29) is 10.3 Å². The van der Waals surface area contributed by atoms with Gasteiger partial charge in [-0.2, -0.15) is 0 Å². The minimum atomic E-state index is -3.56. The molecule has 0 heterocycles. The molecule has 0 unspecified atom stereocenters. The van der Waals surface area contributed by atoms with Gasteiger partial charge >= 0.3 is 0 Å². The van der Waals surface area contributed by atoms with Crippen LogP contribution in [-0.2, 0) is 10.0 Å². The summed E-state index contributed by atoms with van der Waals surface area (Å²) < 4.78 is 39.3. The van der Waals surface area contributed by atoms with Crippen molar-refractivity contribution in [2.75, 3.05) is 6.54 Å². The zero-order chi connectivity index (χ0) is 14.0. The van der Waals surface area contributed by atoms with Crippen LogP contribution in [-0.4, -0.2) is 15.0 Å². The maximum absolute atomic E-state index is 12.7. The molecule has 1 aromatic rings. The fraction of sp³-hybridized carbons (Fsp3) is 0.538. The van der Waals surface area contributed by atoms with E-state index in [2.05, 4.69) is 4.72 Å². The summed E-state index contributed by atoms with van der Waals surface area (Å²) in [5.41, 5.74) is -0.132. The Hall–Kier alpha value is -0.940. The molecule has 0 fully saturated rings. The summed E-state index contributed by atoms with van der Waals surface area (Å²) in [6.45, 7) is 8.46. The van der Waals surface area contributed by atoms with Crippen LogP contribution in [0.25, 0.3) is 0 Å². The third-order valence-electron chi connectivity index (χ3n) is 3.40. The molecule has 0 aliphatic heterocycles. The van der Waals surface area contributed by atoms with Crippen LogP contribution in [0.5, 0.6) is 0 Å². The zero-order valence-corrected chi connectivity index (χ0v) is 12.0. The molecular weight excluding hydrogens is 253 g/mol. The van der Waals surface area contributed by atoms with Gasteiger partial charge in [0.2, 0.25) is 10.0 Å². The van der Waals surface area contributed by atoms with Gasteiger partial charge < -0.3 is 0 Å². The van der Waals surface area contributed by atoms with E-state index in [9.17, 15) is 12.8 Å². The summed E-state index contributed by atoms with van der Waals surface area (Å²) in [6, 6.07) is 4.81. The summed E-state index contributed by atoms with van der Waals surface area (Å²) in [5.74, 6) is -0.0927. The monoisotopic (exact) mass is 273 g/mol. The summed E-state index contributed by atoms with van der Waals surface area (Å²) in [4.78, 5) is 0.0865. The van der Waals surface area contributed by atoms with Gasteiger partial charge in [-0.25, -0.2) is 17.5 Å². The summed E-state index contributed by atoms with van der Waals surface area (Å²) in [7, 11) is -3.56. The van der Waals surface area contributed by atoms with Gasteiger partial charge in [0.25, 0.3) is 0 Å². The van der Waals surface area contributed by atoms with Gasteiger partial charge in [-0.1, -0.05) is 27.7 Å². The Morgan fingerprint density at radius 2 is 1.72 bits per heavy atom. The first-order valence-corrected chi connectivity index (χ1v) is 7.39. The zero-order valence-electron chi connectivity index (χ0n) is 11.2. The second kappa shape index (κ2) is 5.36. The Morgan fingerprint density at radius 1 is 1.22 bits per heavy atom. The van der Waals surface area contributed by atoms with E-state index < -0.39 is 15.8 Å². The van der Waals surface area contributed by atoms with E-state index in [0.717, 1.165) is 12.1 Å². The molecule has 0 aromatic heterocycles. The van der Waals surface area contributed by atoms with E-state index >= 15 is 0 Å². The number of hydrogen-bond acceptors (Lipinski definition) is 2. The minimum absolute atomic E-state index is 0.0865. The molecule has 1 rings (SSSR count). The maximum Gasteiger partial charge on any atom is 0.240 e. The van der Waals surface area contributed by atoms with Crippen LogP contribution in [0.15, 0.2) is 29.2 Å². The SMILES string of the molecule is CC(C)C(C)(C)CNS(=O)(=O)c1ccc(F)cc1. The summed E-state index contributed by atoms with van der Waals surface area (Å²) in [6.07, 6.45) is 0. The molecule has 5 heteroatoms. The van der Waals surface area contributed by atoms with Crippen LogP contribution in [0, 0.1) is 17.2 Å². The summed E-state index contributed by atoms with van der Waals surface area (Å²) >= 11 is 0. The van der Waals surface area contributed by atoms with Crippen LogP contribution < -0.4 is 4.72 Å². The van der Waals surface area contributed by atoms with Crippen molar-refractivity contribution < 1.29 is 12.8 Å². The molecule has 18 heavy (non-hydrogen) atoms. The molecule has 0 spiro atoms. The standard InChI is InChI=1S/C13H20FNO2S/c1-10(2)13(3,4)9-15-18(16,17)12-7-5-11(14)6-8-12/h5-8,10,15H,9H2,1-4H3. The fourth-order valence-corrected chi connectivity index (χ4v) is 2.41. The molecule has 1 N–H and O–H groups in total. The lowest BCUT2D eigenvalue weighted by molar-refractivity contribution is 0.252. The predicted octanol–water partition coefficient (Wildman–Crippen LogP) is 2.79. The lowest BCUT2D eigenvalue weighted by atomic mass is 9.81. The highest BCUT2D eigenvalue weighted by atomic mass is 32.2. The quantitative estimate of drug-likeness (QED) is 0.896. The smallest absolute Gasteiger partial charge is 0.211 e. The van der Waals surface area contributed by atoms with Crippen molar-refractivity contribution in [2.45, 2.75) is 32.6 Å². The van der Waals surface area contributed by atoms with Crippen molar-refractivity contribution >= 4 is 10.0 Å². The third-order valence-corrected chi connectivity index (χ3v) is 4.82. The van der Waals surface area contributed by atoms with Gasteiger partial charge in [0.15, 0.2) is 0 Å². The fourth-order valence-electron chi connectivity index (χ4n) is 1.18. The van der Waals surface area contributed by atoms with Gasteiger partial charge in [-0.3, -0.25) is 0 Å². The second-order valence-corrected chi connectivity index (χ2v) is 7.19. The lowest BCUT2D eigenvalue weighted by Gasteiger charge is -2.29. The van der Waals surface area contributed by atoms with Gasteiger partial charge in [0.05, 0.1) is 4.90 Å². The van der Waals surface area contributed by atoms with Crippen molar-refractivity contribution in [3.63, 3.8) is 0 Å². The molecule has 0 bridgehead atoms. The third kappa shape index (κ3) is 3.78. The highest BCUT2D eigenvalue weighted by molar-refractivity contribution is 7.89. The molecule has 0 saturated heterocycles. The van der Waals surface area contributed by atoms with E-state index in [4.69, 9.17) is 0 Å². The van der Waals surface area contributed by atoms with Crippen LogP contribution in [0.3, 0.4) is 0 Å². The van der Waals surface area contributed by atoms with Crippen molar-refractivity contribution in [1.82, 2.24) is 4.72 Å². The average Bonchev–Trinajstić information content (AvgIpc) is 2.27. The highest BCUT2D eigenvalue weighted by Crippen LogP contribution is 2.25. The van der Waals surface area contributed by atoms with Crippen molar-refractivity contribution in [1.29, 1.82) is 0 Å². The molecule has 0 aliphatic rings. The molecule has 0 radical (unpaired) electrons. The van der Waals surface area contributed by atoms with Crippen LogP contribution in [0.1, 0.15) is 27.7 Å². The van der Waals surface area contributed by atoms with Crippen LogP contribution >= 0.6 is 0 Å². The second-order valence-electron chi connectivity index (χ2n) is 5.42. The van der Waals surface area contributed by atoms with Gasteiger partial charge in [-0.05, 0) is 35.6 Å². The van der Waals surface area contributed by atoms with Crippen LogP contribution in [0.4, 0.5) is 4.39 Å². The molecule has 3 nitrogen and oxygen atoms in total. The number of halogens is 1. The Morgan fingerprint density at radius 3 is 2.17 bits per heavy atom. The highest BCUT2D eigenvalue weighted by Gasteiger charge is 2.25. The first kappa shape index (κ1) is 15.1. The Labute approximate surface area is 108 Å². The number of hydrogen-bond donors (Lipinski definition) is 1.